The fourth-order valence-corrected chi connectivity index (χ4v) is 3.33. The topological polar surface area (TPSA) is 80.3 Å². The van der Waals surface area contributed by atoms with E-state index in [0.717, 1.165) is 19.2 Å². The minimum absolute atomic E-state index is 0.0428. The van der Waals surface area contributed by atoms with Crippen LogP contribution in [0.3, 0.4) is 0 Å². The highest BCUT2D eigenvalue weighted by atomic mass is 19.4. The number of aromatic nitrogens is 1. The van der Waals surface area contributed by atoms with Gasteiger partial charge in [0, 0.05) is 18.3 Å². The number of hydrogen-bond acceptors (Lipinski definition) is 5. The second kappa shape index (κ2) is 10.5. The Balaban J connectivity index is 1.82. The maximum absolute atomic E-state index is 14.9. The second-order valence-electron chi connectivity index (χ2n) is 7.51. The Labute approximate surface area is 197 Å². The summed E-state index contributed by atoms with van der Waals surface area (Å²) in [6.45, 7) is 1.45. The monoisotopic (exact) mass is 493 g/mol. The maximum Gasteiger partial charge on any atom is 0.397 e. The van der Waals surface area contributed by atoms with E-state index < -0.39 is 36.1 Å². The van der Waals surface area contributed by atoms with Crippen molar-refractivity contribution in [2.45, 2.75) is 26.1 Å². The van der Waals surface area contributed by atoms with E-state index in [1.54, 1.807) is 6.92 Å². The number of hydrogen-bond donors (Lipinski definition) is 2. The lowest BCUT2D eigenvalue weighted by molar-refractivity contribution is -0.150. The van der Waals surface area contributed by atoms with Crippen LogP contribution in [0.1, 0.15) is 27.9 Å². The Morgan fingerprint density at radius 3 is 2.46 bits per heavy atom. The van der Waals surface area contributed by atoms with E-state index in [1.165, 1.54) is 36.5 Å². The van der Waals surface area contributed by atoms with Crippen molar-refractivity contribution in [3.05, 3.63) is 77.0 Å². The molecular weight excluding hydrogens is 473 g/mol. The predicted molar refractivity (Wildman–Crippen MR) is 119 cm³/mol. The van der Waals surface area contributed by atoms with E-state index in [4.69, 9.17) is 0 Å². The van der Waals surface area contributed by atoms with E-state index in [-0.39, 0.29) is 40.3 Å². The molecule has 0 atom stereocenters. The average Bonchev–Trinajstić information content (AvgIpc) is 2.78. The number of carbonyl (C=O) groups excluding carboxylic acids is 2. The number of halogens is 5. The fourth-order valence-electron chi connectivity index (χ4n) is 3.33. The van der Waals surface area contributed by atoms with Crippen molar-refractivity contribution in [3.8, 4) is 11.1 Å². The minimum atomic E-state index is -4.67. The zero-order chi connectivity index (χ0) is 25.8. The summed E-state index contributed by atoms with van der Waals surface area (Å²) in [5, 5.41) is 4.99. The van der Waals surface area contributed by atoms with Gasteiger partial charge in [0.1, 0.15) is 29.4 Å². The van der Waals surface area contributed by atoms with E-state index in [0.29, 0.717) is 5.56 Å². The number of pyridine rings is 1. The summed E-state index contributed by atoms with van der Waals surface area (Å²) in [5.74, 6) is -3.61. The van der Waals surface area contributed by atoms with Crippen molar-refractivity contribution >= 4 is 23.4 Å². The van der Waals surface area contributed by atoms with Crippen LogP contribution in [0.2, 0.25) is 0 Å². The molecule has 0 saturated carbocycles. The highest BCUT2D eigenvalue weighted by Gasteiger charge is 2.31. The summed E-state index contributed by atoms with van der Waals surface area (Å²) in [4.78, 5) is 27.8. The van der Waals surface area contributed by atoms with Crippen LogP contribution < -0.4 is 10.6 Å². The smallest absolute Gasteiger partial charge is 0.397 e. The van der Waals surface area contributed by atoms with Gasteiger partial charge in [0.2, 0.25) is 5.91 Å². The van der Waals surface area contributed by atoms with Crippen molar-refractivity contribution in [3.63, 3.8) is 0 Å². The number of benzene rings is 2. The number of carbonyl (C=O) groups is 2. The average molecular weight is 493 g/mol. The first kappa shape index (κ1) is 25.6. The first-order valence-electron chi connectivity index (χ1n) is 10.2. The summed E-state index contributed by atoms with van der Waals surface area (Å²) < 4.78 is 71.2. The zero-order valence-corrected chi connectivity index (χ0v) is 18.6. The van der Waals surface area contributed by atoms with Gasteiger partial charge in [0.25, 0.3) is 0 Å². The van der Waals surface area contributed by atoms with Gasteiger partial charge in [-0.15, -0.1) is 0 Å². The van der Waals surface area contributed by atoms with E-state index >= 15 is 0 Å². The van der Waals surface area contributed by atoms with Gasteiger partial charge >= 0.3 is 12.1 Å². The van der Waals surface area contributed by atoms with Crippen LogP contribution in [-0.2, 0) is 16.1 Å². The molecule has 35 heavy (non-hydrogen) atoms. The lowest BCUT2D eigenvalue weighted by atomic mass is 9.98. The molecule has 11 heteroatoms. The van der Waals surface area contributed by atoms with Gasteiger partial charge in [0.15, 0.2) is 0 Å². The highest BCUT2D eigenvalue weighted by Crippen LogP contribution is 2.29. The molecule has 0 aliphatic rings. The van der Waals surface area contributed by atoms with Gasteiger partial charge < -0.3 is 15.4 Å². The molecule has 3 aromatic rings. The van der Waals surface area contributed by atoms with E-state index in [1.807, 2.05) is 0 Å². The quantitative estimate of drug-likeness (QED) is 0.330. The number of aryl methyl sites for hydroxylation is 1. The molecule has 0 fully saturated rings. The SMILES string of the molecule is COC(=O)c1c(F)cccc1-c1ccc(CNc2nccc(C)c2NC(=O)CC(F)(F)F)c(F)c1. The summed E-state index contributed by atoms with van der Waals surface area (Å²) in [6, 6.07) is 9.43. The Morgan fingerprint density at radius 2 is 1.80 bits per heavy atom. The molecule has 2 N–H and O–H groups in total. The molecule has 2 aromatic carbocycles. The minimum Gasteiger partial charge on any atom is -0.465 e. The third-order valence-electron chi connectivity index (χ3n) is 5.00. The molecule has 0 bridgehead atoms. The number of amides is 1. The molecule has 1 aromatic heterocycles. The van der Waals surface area contributed by atoms with Crippen molar-refractivity contribution in [2.24, 2.45) is 0 Å². The number of rotatable bonds is 7. The van der Waals surface area contributed by atoms with Crippen LogP contribution in [0.5, 0.6) is 0 Å². The number of alkyl halides is 3. The molecule has 184 valence electrons. The Bertz CT molecular complexity index is 1260. The van der Waals surface area contributed by atoms with Gasteiger partial charge in [0.05, 0.1) is 12.8 Å². The lowest BCUT2D eigenvalue weighted by Crippen LogP contribution is -2.22. The number of ether oxygens (including phenoxy) is 1. The predicted octanol–water partition coefficient (Wildman–Crippen LogP) is 5.62. The first-order valence-corrected chi connectivity index (χ1v) is 10.2. The molecule has 1 heterocycles. The third kappa shape index (κ3) is 6.31. The Kier molecular flexibility index (Phi) is 7.68. The highest BCUT2D eigenvalue weighted by molar-refractivity contribution is 5.97. The first-order chi connectivity index (χ1) is 16.5. The van der Waals surface area contributed by atoms with E-state index in [9.17, 15) is 31.5 Å². The molecule has 0 saturated heterocycles. The normalized spacial score (nSPS) is 11.2. The van der Waals surface area contributed by atoms with Gasteiger partial charge in [-0.25, -0.2) is 18.6 Å². The Hall–Kier alpha value is -4.02. The summed E-state index contributed by atoms with van der Waals surface area (Å²) >= 11 is 0. The Morgan fingerprint density at radius 1 is 1.06 bits per heavy atom. The summed E-state index contributed by atoms with van der Waals surface area (Å²) in [6.07, 6.45) is -4.95. The number of esters is 1. The van der Waals surface area contributed by atoms with Crippen LogP contribution in [0.4, 0.5) is 33.5 Å². The van der Waals surface area contributed by atoms with Gasteiger partial charge in [-0.1, -0.05) is 24.3 Å². The van der Waals surface area contributed by atoms with Crippen LogP contribution in [-0.4, -0.2) is 30.1 Å². The zero-order valence-electron chi connectivity index (χ0n) is 18.6. The molecule has 1 amide bonds. The summed E-state index contributed by atoms with van der Waals surface area (Å²) in [7, 11) is 1.10. The van der Waals surface area contributed by atoms with Crippen molar-refractivity contribution < 1.29 is 36.3 Å². The third-order valence-corrected chi connectivity index (χ3v) is 5.00. The van der Waals surface area contributed by atoms with Crippen LogP contribution in [0, 0.1) is 18.6 Å². The maximum atomic E-state index is 14.9. The van der Waals surface area contributed by atoms with Crippen LogP contribution in [0.15, 0.2) is 48.7 Å². The van der Waals surface area contributed by atoms with Crippen molar-refractivity contribution in [1.29, 1.82) is 0 Å². The van der Waals surface area contributed by atoms with Crippen LogP contribution >= 0.6 is 0 Å². The van der Waals surface area contributed by atoms with Crippen LogP contribution in [0.25, 0.3) is 11.1 Å². The van der Waals surface area contributed by atoms with Gasteiger partial charge in [-0.2, -0.15) is 13.2 Å². The molecule has 6 nitrogen and oxygen atoms in total. The molecule has 0 spiro atoms. The number of nitrogens with zero attached hydrogens (tertiary/aromatic N) is 1. The second-order valence-corrected chi connectivity index (χ2v) is 7.51. The van der Waals surface area contributed by atoms with Gasteiger partial charge in [-0.05, 0) is 41.8 Å². The number of methoxy groups -OCH3 is 1. The molecule has 0 unspecified atom stereocenters. The molecular formula is C24H20F5N3O3. The lowest BCUT2D eigenvalue weighted by Gasteiger charge is -2.16. The fraction of sp³-hybridized carbons (Fsp3) is 0.208. The van der Waals surface area contributed by atoms with E-state index in [2.05, 4.69) is 20.4 Å². The largest absolute Gasteiger partial charge is 0.465 e. The molecule has 0 radical (unpaired) electrons. The van der Waals surface area contributed by atoms with Crippen molar-refractivity contribution in [1.82, 2.24) is 4.98 Å². The standard InChI is InChI=1S/C24H20F5N3O3/c1-13-8-9-30-22(21(13)32-19(33)11-24(27,28)29)31-12-15-7-6-14(10-18(15)26)16-4-3-5-17(25)20(16)23(34)35-2/h3-10H,11-12H2,1-2H3,(H,30,31)(H,32,33). The van der Waals surface area contributed by atoms with Gasteiger partial charge in [-0.3, -0.25) is 4.79 Å². The number of nitrogens with one attached hydrogen (secondary N) is 2. The summed E-state index contributed by atoms with van der Waals surface area (Å²) in [5.41, 5.74) is 0.700. The molecule has 0 aliphatic heterocycles. The molecule has 3 rings (SSSR count). The molecule has 0 aliphatic carbocycles. The number of anilines is 2. The van der Waals surface area contributed by atoms with Crippen molar-refractivity contribution in [2.75, 3.05) is 17.7 Å².